The summed E-state index contributed by atoms with van der Waals surface area (Å²) in [5.74, 6) is 0. The maximum Gasteiger partial charge on any atom is 0.225 e. The Balaban J connectivity index is 0.000000131. The van der Waals surface area contributed by atoms with Crippen molar-refractivity contribution in [3.63, 3.8) is 0 Å². The molecule has 0 radical (unpaired) electrons. The van der Waals surface area contributed by atoms with Crippen LogP contribution < -0.4 is 0 Å². The van der Waals surface area contributed by atoms with Crippen LogP contribution in [0.1, 0.15) is 5.69 Å². The van der Waals surface area contributed by atoms with Crippen molar-refractivity contribution in [2.45, 2.75) is 0 Å². The number of fused-ring (bicyclic) bond motifs is 2. The number of imidazole rings is 2. The van der Waals surface area contributed by atoms with Gasteiger partial charge in [-0.25, -0.2) is 24.9 Å². The smallest absolute Gasteiger partial charge is 0.225 e. The van der Waals surface area contributed by atoms with Crippen molar-refractivity contribution in [1.82, 2.24) is 39.9 Å². The summed E-state index contributed by atoms with van der Waals surface area (Å²) in [7, 11) is 0. The predicted molar refractivity (Wildman–Crippen MR) is 78.1 cm³/mol. The van der Waals surface area contributed by atoms with Crippen molar-refractivity contribution in [3.8, 4) is 6.07 Å². The fraction of sp³-hybridized carbons (Fsp3) is 0. The zero-order valence-electron chi connectivity index (χ0n) is 10.6. The number of nitrogens with one attached hydrogen (secondary N) is 2. The van der Waals surface area contributed by atoms with Gasteiger partial charge < -0.3 is 9.97 Å². The van der Waals surface area contributed by atoms with E-state index in [9.17, 15) is 0 Å². The summed E-state index contributed by atoms with van der Waals surface area (Å²) in [6.07, 6.45) is 4.30. The van der Waals surface area contributed by atoms with Gasteiger partial charge >= 0.3 is 0 Å². The van der Waals surface area contributed by atoms with E-state index < -0.39 is 0 Å². The van der Waals surface area contributed by atoms with Crippen molar-refractivity contribution in [3.05, 3.63) is 35.1 Å². The fourth-order valence-corrected chi connectivity index (χ4v) is 2.05. The number of hydrogen-bond donors (Lipinski definition) is 2. The summed E-state index contributed by atoms with van der Waals surface area (Å²) in [6, 6.07) is 1.93. The number of nitriles is 1. The van der Waals surface area contributed by atoms with Gasteiger partial charge in [-0.15, -0.1) is 0 Å². The predicted octanol–water partition coefficient (Wildman–Crippen LogP) is 1.88. The number of aromatic nitrogens is 8. The van der Waals surface area contributed by atoms with Crippen molar-refractivity contribution < 1.29 is 0 Å². The van der Waals surface area contributed by atoms with Crippen LogP contribution in [0, 0.1) is 11.3 Å². The SMILES string of the molecule is Clc1nc(Cl)c2[nH]cnc2n1.N#Cc1ncnc2nc[nH]c12. The summed E-state index contributed by atoms with van der Waals surface area (Å²) >= 11 is 11.2. The Morgan fingerprint density at radius 1 is 0.909 bits per heavy atom. The lowest BCUT2D eigenvalue weighted by molar-refractivity contribution is 1.17. The molecule has 0 saturated carbocycles. The second-order valence-electron chi connectivity index (χ2n) is 3.82. The molecule has 9 nitrogen and oxygen atoms in total. The Morgan fingerprint density at radius 3 is 2.41 bits per heavy atom. The maximum absolute atomic E-state index is 8.57. The monoisotopic (exact) mass is 333 g/mol. The molecular weight excluding hydrogens is 329 g/mol. The zero-order chi connectivity index (χ0) is 15.5. The summed E-state index contributed by atoms with van der Waals surface area (Å²) in [6.45, 7) is 0. The first kappa shape index (κ1) is 14.1. The van der Waals surface area contributed by atoms with Gasteiger partial charge in [-0.1, -0.05) is 11.6 Å². The van der Waals surface area contributed by atoms with E-state index in [1.54, 1.807) is 0 Å². The highest BCUT2D eigenvalue weighted by molar-refractivity contribution is 6.35. The molecule has 4 aromatic rings. The van der Waals surface area contributed by atoms with Gasteiger partial charge in [0.25, 0.3) is 0 Å². The van der Waals surface area contributed by atoms with Gasteiger partial charge in [-0.05, 0) is 11.6 Å². The normalized spacial score (nSPS) is 10.2. The molecule has 0 aromatic carbocycles. The first-order valence-corrected chi connectivity index (χ1v) is 6.51. The molecule has 2 N–H and O–H groups in total. The molecule has 0 unspecified atom stereocenters. The second kappa shape index (κ2) is 5.88. The number of H-pyrrole nitrogens is 2. The van der Waals surface area contributed by atoms with Gasteiger partial charge in [0.2, 0.25) is 5.28 Å². The van der Waals surface area contributed by atoms with Crippen molar-refractivity contribution in [2.24, 2.45) is 0 Å². The lowest BCUT2D eigenvalue weighted by Gasteiger charge is -1.90. The van der Waals surface area contributed by atoms with E-state index in [0.717, 1.165) is 0 Å². The highest BCUT2D eigenvalue weighted by atomic mass is 35.5. The molecule has 0 fully saturated rings. The Labute approximate surface area is 132 Å². The standard InChI is InChI=1S/C6H3N5.C5H2Cl2N4/c7-1-4-5-6(10-2-8-4)11-3-9-5;6-3-2-4(9-1-8-2)11-5(7)10-3/h2-3H,(H,8,9,10,11);1H,(H,8,9,10,11). The van der Waals surface area contributed by atoms with Crippen LogP contribution in [0.15, 0.2) is 19.0 Å². The van der Waals surface area contributed by atoms with E-state index in [2.05, 4.69) is 39.9 Å². The number of rotatable bonds is 0. The van der Waals surface area contributed by atoms with E-state index in [-0.39, 0.29) is 10.4 Å². The molecule has 0 aliphatic rings. The van der Waals surface area contributed by atoms with Crippen molar-refractivity contribution in [1.29, 1.82) is 5.26 Å². The van der Waals surface area contributed by atoms with Crippen LogP contribution in [-0.4, -0.2) is 39.9 Å². The third kappa shape index (κ3) is 2.65. The minimum absolute atomic E-state index is 0.106. The van der Waals surface area contributed by atoms with E-state index in [0.29, 0.717) is 28.0 Å². The highest BCUT2D eigenvalue weighted by Gasteiger charge is 2.05. The Kier molecular flexibility index (Phi) is 3.78. The summed E-state index contributed by atoms with van der Waals surface area (Å²) in [4.78, 5) is 28.4. The average Bonchev–Trinajstić information content (AvgIpc) is 3.15. The molecule has 108 valence electrons. The first-order valence-electron chi connectivity index (χ1n) is 5.75. The molecule has 4 rings (SSSR count). The number of nitrogens with zero attached hydrogens (tertiary/aromatic N) is 7. The van der Waals surface area contributed by atoms with Crippen molar-refractivity contribution in [2.75, 3.05) is 0 Å². The summed E-state index contributed by atoms with van der Waals surface area (Å²) in [5, 5.41) is 8.96. The Morgan fingerprint density at radius 2 is 1.64 bits per heavy atom. The lowest BCUT2D eigenvalue weighted by Crippen LogP contribution is -1.86. The first-order chi connectivity index (χ1) is 10.7. The van der Waals surface area contributed by atoms with Gasteiger partial charge in [0, 0.05) is 0 Å². The van der Waals surface area contributed by atoms with E-state index in [4.69, 9.17) is 28.5 Å². The van der Waals surface area contributed by atoms with Crippen molar-refractivity contribution >= 4 is 45.5 Å². The third-order valence-electron chi connectivity index (χ3n) is 2.54. The highest BCUT2D eigenvalue weighted by Crippen LogP contribution is 2.17. The molecule has 0 amide bonds. The summed E-state index contributed by atoms with van der Waals surface area (Å²) in [5.41, 5.74) is 2.53. The maximum atomic E-state index is 8.57. The largest absolute Gasteiger partial charge is 0.341 e. The molecular formula is C11H5Cl2N9. The van der Waals surface area contributed by atoms with Crippen LogP contribution in [-0.2, 0) is 0 Å². The average molecular weight is 334 g/mol. The third-order valence-corrected chi connectivity index (χ3v) is 2.99. The topological polar surface area (TPSA) is 133 Å². The van der Waals surface area contributed by atoms with Crippen LogP contribution in [0.4, 0.5) is 0 Å². The van der Waals surface area contributed by atoms with Crippen LogP contribution >= 0.6 is 23.2 Å². The molecule has 0 saturated heterocycles. The fourth-order valence-electron chi connectivity index (χ4n) is 1.62. The molecule has 4 heterocycles. The second-order valence-corrected chi connectivity index (χ2v) is 4.52. The minimum atomic E-state index is 0.106. The van der Waals surface area contributed by atoms with Gasteiger partial charge in [0.1, 0.15) is 23.4 Å². The van der Waals surface area contributed by atoms with Gasteiger partial charge in [0.05, 0.1) is 12.7 Å². The quantitative estimate of drug-likeness (QED) is 0.370. The Hall–Kier alpha value is -2.83. The molecule has 11 heteroatoms. The van der Waals surface area contributed by atoms with Gasteiger partial charge in [-0.2, -0.15) is 10.2 Å². The number of hydrogen-bond acceptors (Lipinski definition) is 7. The molecule has 0 aliphatic heterocycles. The van der Waals surface area contributed by atoms with Crippen LogP contribution in [0.2, 0.25) is 10.4 Å². The molecule has 0 bridgehead atoms. The lowest BCUT2D eigenvalue weighted by atomic mass is 10.4. The summed E-state index contributed by atoms with van der Waals surface area (Å²) < 4.78 is 0. The van der Waals surface area contributed by atoms with E-state index in [1.165, 1.54) is 19.0 Å². The number of aromatic amines is 2. The van der Waals surface area contributed by atoms with Gasteiger partial charge in [0.15, 0.2) is 22.1 Å². The number of halogens is 2. The van der Waals surface area contributed by atoms with Crippen LogP contribution in [0.25, 0.3) is 22.3 Å². The molecule has 0 spiro atoms. The van der Waals surface area contributed by atoms with Crippen LogP contribution in [0.5, 0.6) is 0 Å². The minimum Gasteiger partial charge on any atom is -0.341 e. The zero-order valence-corrected chi connectivity index (χ0v) is 12.1. The molecule has 22 heavy (non-hydrogen) atoms. The molecule has 4 aromatic heterocycles. The Bertz CT molecular complexity index is 984. The molecule has 0 aliphatic carbocycles. The van der Waals surface area contributed by atoms with E-state index >= 15 is 0 Å². The van der Waals surface area contributed by atoms with Gasteiger partial charge in [-0.3, -0.25) is 0 Å². The van der Waals surface area contributed by atoms with Crippen LogP contribution in [0.3, 0.4) is 0 Å². The van der Waals surface area contributed by atoms with E-state index in [1.807, 2.05) is 6.07 Å². The molecule has 0 atom stereocenters.